The van der Waals surface area contributed by atoms with Gasteiger partial charge < -0.3 is 20.7 Å². The van der Waals surface area contributed by atoms with Gasteiger partial charge in [0.25, 0.3) is 0 Å². The Balaban J connectivity index is 2.00. The molecule has 1 aromatic rings. The van der Waals surface area contributed by atoms with E-state index in [-0.39, 0.29) is 12.6 Å². The molecule has 1 aliphatic rings. The fourth-order valence-corrected chi connectivity index (χ4v) is 1.81. The number of amides is 3. The minimum atomic E-state index is -0.738. The van der Waals surface area contributed by atoms with Crippen LogP contribution in [0.3, 0.4) is 0 Å². The van der Waals surface area contributed by atoms with E-state index in [1.165, 1.54) is 4.90 Å². The predicted molar refractivity (Wildman–Crippen MR) is 68.5 cm³/mol. The lowest BCUT2D eigenvalue weighted by atomic mass is 10.2. The number of anilines is 1. The van der Waals surface area contributed by atoms with Crippen LogP contribution in [0.4, 0.5) is 10.5 Å². The number of rotatable bonds is 2. The molecule has 0 aromatic carbocycles. The van der Waals surface area contributed by atoms with Crippen LogP contribution < -0.4 is 11.1 Å². The topological polar surface area (TPSA) is 97.6 Å². The average Bonchev–Trinajstić information content (AvgIpc) is 2.41. The predicted octanol–water partition coefficient (Wildman–Crippen LogP) is 0.108. The lowest BCUT2D eigenvalue weighted by Gasteiger charge is -2.31. The lowest BCUT2D eigenvalue weighted by molar-refractivity contribution is -0.133. The summed E-state index contributed by atoms with van der Waals surface area (Å²) in [6.45, 7) is 2.76. The van der Waals surface area contributed by atoms with E-state index in [4.69, 9.17) is 10.5 Å². The highest BCUT2D eigenvalue weighted by atomic mass is 16.5. The fourth-order valence-electron chi connectivity index (χ4n) is 1.81. The summed E-state index contributed by atoms with van der Waals surface area (Å²) in [5, 5.41) is 2.78. The number of ether oxygens (including phenoxy) is 1. The molecular formula is C12H16N4O3. The van der Waals surface area contributed by atoms with E-state index < -0.39 is 12.0 Å². The molecule has 1 unspecified atom stereocenters. The Morgan fingerprint density at radius 1 is 1.58 bits per heavy atom. The molecule has 2 rings (SSSR count). The molecule has 0 bridgehead atoms. The number of nitrogens with zero attached hydrogens (tertiary/aromatic N) is 2. The number of hydrogen-bond acceptors (Lipinski definition) is 4. The van der Waals surface area contributed by atoms with Gasteiger partial charge in [-0.3, -0.25) is 9.78 Å². The first-order valence-electron chi connectivity index (χ1n) is 5.95. The second-order valence-corrected chi connectivity index (χ2v) is 4.33. The minimum absolute atomic E-state index is 0.172. The van der Waals surface area contributed by atoms with Gasteiger partial charge in [-0.15, -0.1) is 0 Å². The summed E-state index contributed by atoms with van der Waals surface area (Å²) >= 11 is 0. The van der Waals surface area contributed by atoms with Gasteiger partial charge in [0.05, 0.1) is 13.2 Å². The first-order chi connectivity index (χ1) is 9.08. The van der Waals surface area contributed by atoms with E-state index in [1.807, 2.05) is 6.92 Å². The zero-order valence-electron chi connectivity index (χ0n) is 10.6. The molecule has 0 saturated carbocycles. The van der Waals surface area contributed by atoms with Gasteiger partial charge in [0.1, 0.15) is 0 Å². The highest BCUT2D eigenvalue weighted by Crippen LogP contribution is 2.13. The van der Waals surface area contributed by atoms with Crippen LogP contribution in [0.2, 0.25) is 0 Å². The number of nitrogens with two attached hydrogens (primary N) is 1. The normalized spacial score (nSPS) is 19.0. The quantitative estimate of drug-likeness (QED) is 0.792. The average molecular weight is 264 g/mol. The van der Waals surface area contributed by atoms with Gasteiger partial charge in [0.15, 0.2) is 6.10 Å². The first kappa shape index (κ1) is 13.3. The van der Waals surface area contributed by atoms with Crippen molar-refractivity contribution in [2.24, 2.45) is 5.73 Å². The highest BCUT2D eigenvalue weighted by molar-refractivity contribution is 5.90. The third-order valence-electron chi connectivity index (χ3n) is 2.93. The monoisotopic (exact) mass is 264 g/mol. The second kappa shape index (κ2) is 5.66. The molecule has 7 nitrogen and oxygen atoms in total. The summed E-state index contributed by atoms with van der Waals surface area (Å²) in [6, 6.07) is 1.45. The maximum absolute atomic E-state index is 12.1. The van der Waals surface area contributed by atoms with Gasteiger partial charge >= 0.3 is 6.03 Å². The van der Waals surface area contributed by atoms with Crippen LogP contribution >= 0.6 is 0 Å². The number of carbonyl (C=O) groups excluding carboxylic acids is 2. The van der Waals surface area contributed by atoms with E-state index in [1.54, 1.807) is 18.5 Å². The van der Waals surface area contributed by atoms with Crippen molar-refractivity contribution in [2.45, 2.75) is 13.0 Å². The highest BCUT2D eigenvalue weighted by Gasteiger charge is 2.27. The van der Waals surface area contributed by atoms with Crippen LogP contribution in [-0.4, -0.2) is 47.6 Å². The molecule has 1 fully saturated rings. The van der Waals surface area contributed by atoms with Crippen LogP contribution in [0.5, 0.6) is 0 Å². The van der Waals surface area contributed by atoms with Gasteiger partial charge in [-0.2, -0.15) is 0 Å². The summed E-state index contributed by atoms with van der Waals surface area (Å²) in [5.74, 6) is -0.558. The van der Waals surface area contributed by atoms with Crippen LogP contribution in [0.1, 0.15) is 5.56 Å². The van der Waals surface area contributed by atoms with Crippen molar-refractivity contribution in [3.05, 3.63) is 24.0 Å². The largest absolute Gasteiger partial charge is 0.367 e. The van der Waals surface area contributed by atoms with Crippen LogP contribution in [0.15, 0.2) is 18.5 Å². The van der Waals surface area contributed by atoms with E-state index in [0.717, 1.165) is 5.56 Å². The Kier molecular flexibility index (Phi) is 3.96. The summed E-state index contributed by atoms with van der Waals surface area (Å²) < 4.78 is 5.19. The van der Waals surface area contributed by atoms with Crippen molar-refractivity contribution in [1.29, 1.82) is 0 Å². The molecule has 1 atom stereocenters. The van der Waals surface area contributed by atoms with Gasteiger partial charge in [0.2, 0.25) is 5.91 Å². The molecule has 0 spiro atoms. The molecule has 0 aliphatic carbocycles. The van der Waals surface area contributed by atoms with E-state index >= 15 is 0 Å². The Labute approximate surface area is 110 Å². The molecule has 0 radical (unpaired) electrons. The molecule has 1 saturated heterocycles. The molecule has 1 aliphatic heterocycles. The molecule has 19 heavy (non-hydrogen) atoms. The van der Waals surface area contributed by atoms with Crippen LogP contribution in [0.25, 0.3) is 0 Å². The summed E-state index contributed by atoms with van der Waals surface area (Å²) in [4.78, 5) is 28.6. The molecule has 3 amide bonds. The Morgan fingerprint density at radius 2 is 2.37 bits per heavy atom. The molecule has 1 aromatic heterocycles. The van der Waals surface area contributed by atoms with Crippen LogP contribution in [-0.2, 0) is 9.53 Å². The maximum atomic E-state index is 12.1. The maximum Gasteiger partial charge on any atom is 0.322 e. The second-order valence-electron chi connectivity index (χ2n) is 4.33. The first-order valence-corrected chi connectivity index (χ1v) is 5.95. The lowest BCUT2D eigenvalue weighted by Crippen LogP contribution is -2.51. The van der Waals surface area contributed by atoms with Crippen molar-refractivity contribution < 1.29 is 14.3 Å². The Hall–Kier alpha value is -2.15. The Bertz CT molecular complexity index is 492. The fraction of sp³-hybridized carbons (Fsp3) is 0.417. The van der Waals surface area contributed by atoms with E-state index in [9.17, 15) is 9.59 Å². The van der Waals surface area contributed by atoms with Crippen molar-refractivity contribution in [3.63, 3.8) is 0 Å². The van der Waals surface area contributed by atoms with Crippen LogP contribution in [0, 0.1) is 6.92 Å². The number of carbonyl (C=O) groups is 2. The summed E-state index contributed by atoms with van der Waals surface area (Å²) in [6.07, 6.45) is 2.54. The number of morpholine rings is 1. The number of pyridine rings is 1. The van der Waals surface area contributed by atoms with E-state index in [0.29, 0.717) is 18.8 Å². The van der Waals surface area contributed by atoms with Gasteiger partial charge in [0, 0.05) is 24.6 Å². The molecule has 3 N–H and O–H groups in total. The SMILES string of the molecule is Cc1cnccc1NC(=O)N1CCOC(C(N)=O)C1. The number of nitrogens with one attached hydrogen (secondary N) is 1. The van der Waals surface area contributed by atoms with Crippen molar-refractivity contribution >= 4 is 17.6 Å². The molecular weight excluding hydrogens is 248 g/mol. The number of aromatic nitrogens is 1. The number of hydrogen-bond donors (Lipinski definition) is 2. The number of urea groups is 1. The molecule has 102 valence electrons. The molecule has 2 heterocycles. The number of primary amides is 1. The third-order valence-corrected chi connectivity index (χ3v) is 2.93. The molecule has 7 heteroatoms. The van der Waals surface area contributed by atoms with Gasteiger partial charge in [-0.05, 0) is 18.6 Å². The summed E-state index contributed by atoms with van der Waals surface area (Å²) in [7, 11) is 0. The van der Waals surface area contributed by atoms with Gasteiger partial charge in [-0.25, -0.2) is 4.79 Å². The standard InChI is InChI=1S/C12H16N4O3/c1-8-6-14-3-2-9(8)15-12(18)16-4-5-19-10(7-16)11(13)17/h2-3,6,10H,4-5,7H2,1H3,(H2,13,17)(H,14,15,18). The van der Waals surface area contributed by atoms with Crippen molar-refractivity contribution in [2.75, 3.05) is 25.0 Å². The number of aryl methyl sites for hydroxylation is 1. The zero-order valence-corrected chi connectivity index (χ0v) is 10.6. The van der Waals surface area contributed by atoms with Gasteiger partial charge in [-0.1, -0.05) is 0 Å². The summed E-state index contributed by atoms with van der Waals surface area (Å²) in [5.41, 5.74) is 6.74. The zero-order chi connectivity index (χ0) is 13.8. The van der Waals surface area contributed by atoms with E-state index in [2.05, 4.69) is 10.3 Å². The van der Waals surface area contributed by atoms with Crippen molar-refractivity contribution in [3.8, 4) is 0 Å². The smallest absolute Gasteiger partial charge is 0.322 e. The Morgan fingerprint density at radius 3 is 3.05 bits per heavy atom. The van der Waals surface area contributed by atoms with Crippen molar-refractivity contribution in [1.82, 2.24) is 9.88 Å². The minimum Gasteiger partial charge on any atom is -0.367 e. The third kappa shape index (κ3) is 3.19.